The number of H-pyrrole nitrogens is 1. The minimum atomic E-state index is -0.293. The van der Waals surface area contributed by atoms with Crippen LogP contribution < -0.4 is 15.2 Å². The highest BCUT2D eigenvalue weighted by Gasteiger charge is 2.30. The molecule has 5 nitrogen and oxygen atoms in total. The summed E-state index contributed by atoms with van der Waals surface area (Å²) in [5, 5.41) is 10.6. The molecule has 5 heteroatoms. The third kappa shape index (κ3) is 2.01. The van der Waals surface area contributed by atoms with Crippen LogP contribution in [0, 0.1) is 11.3 Å². The molecule has 1 aromatic heterocycles. The van der Waals surface area contributed by atoms with E-state index in [0.717, 1.165) is 27.8 Å². The molecule has 2 heterocycles. The fourth-order valence-electron chi connectivity index (χ4n) is 3.22. The summed E-state index contributed by atoms with van der Waals surface area (Å²) in [5.74, 6) is 1.27. The SMILES string of the molecule is COc1ccc(C2C(C#N)=C(N)Oc3cccc4[nH]cc2c34)cc1. The Morgan fingerprint density at radius 1 is 1.21 bits per heavy atom. The summed E-state index contributed by atoms with van der Waals surface area (Å²) in [6, 6.07) is 15.6. The number of methoxy groups -OCH3 is 1. The lowest BCUT2D eigenvalue weighted by atomic mass is 9.85. The van der Waals surface area contributed by atoms with Crippen LogP contribution in [0.5, 0.6) is 11.5 Å². The number of nitrogens with two attached hydrogens (primary N) is 1. The molecule has 1 atom stereocenters. The quantitative estimate of drug-likeness (QED) is 0.758. The van der Waals surface area contributed by atoms with Gasteiger partial charge >= 0.3 is 0 Å². The molecule has 3 aromatic rings. The van der Waals surface area contributed by atoms with E-state index < -0.39 is 0 Å². The molecule has 1 unspecified atom stereocenters. The molecule has 0 bridgehead atoms. The second-order valence-corrected chi connectivity index (χ2v) is 5.62. The van der Waals surface area contributed by atoms with Crippen molar-refractivity contribution in [1.29, 1.82) is 5.26 Å². The first-order chi connectivity index (χ1) is 11.7. The Morgan fingerprint density at radius 3 is 2.71 bits per heavy atom. The summed E-state index contributed by atoms with van der Waals surface area (Å²) in [6.45, 7) is 0. The summed E-state index contributed by atoms with van der Waals surface area (Å²) in [7, 11) is 1.62. The molecule has 0 amide bonds. The average molecular weight is 317 g/mol. The van der Waals surface area contributed by atoms with Gasteiger partial charge in [-0.1, -0.05) is 18.2 Å². The number of nitrogens with one attached hydrogen (secondary N) is 1. The molecule has 1 aliphatic rings. The normalized spacial score (nSPS) is 16.4. The van der Waals surface area contributed by atoms with Crippen molar-refractivity contribution in [3.8, 4) is 17.6 Å². The molecule has 118 valence electrons. The maximum absolute atomic E-state index is 9.69. The van der Waals surface area contributed by atoms with Gasteiger partial charge in [0, 0.05) is 17.1 Å². The maximum atomic E-state index is 9.69. The standard InChI is InChI=1S/C19H15N3O2/c1-23-12-7-5-11(6-8-12)17-13(9-20)19(21)24-16-4-2-3-15-18(16)14(17)10-22-15/h2-8,10,17,22H,21H2,1H3. The molecule has 0 radical (unpaired) electrons. The van der Waals surface area contributed by atoms with E-state index in [0.29, 0.717) is 11.3 Å². The first-order valence-corrected chi connectivity index (χ1v) is 7.54. The van der Waals surface area contributed by atoms with Gasteiger partial charge in [0.2, 0.25) is 5.88 Å². The number of aromatic amines is 1. The molecule has 2 aromatic carbocycles. The summed E-state index contributed by atoms with van der Waals surface area (Å²) in [6.07, 6.45) is 1.92. The topological polar surface area (TPSA) is 84.1 Å². The Bertz CT molecular complexity index is 994. The molecule has 0 saturated carbocycles. The van der Waals surface area contributed by atoms with Gasteiger partial charge in [0.1, 0.15) is 23.1 Å². The highest BCUT2D eigenvalue weighted by Crippen LogP contribution is 2.43. The molecule has 0 spiro atoms. The summed E-state index contributed by atoms with van der Waals surface area (Å²) in [4.78, 5) is 3.25. The van der Waals surface area contributed by atoms with Crippen LogP contribution in [0.3, 0.4) is 0 Å². The minimum Gasteiger partial charge on any atom is -0.497 e. The fraction of sp³-hybridized carbons (Fsp3) is 0.105. The van der Waals surface area contributed by atoms with Crippen molar-refractivity contribution < 1.29 is 9.47 Å². The highest BCUT2D eigenvalue weighted by molar-refractivity contribution is 5.91. The van der Waals surface area contributed by atoms with E-state index in [2.05, 4.69) is 11.1 Å². The number of aromatic nitrogens is 1. The van der Waals surface area contributed by atoms with Crippen molar-refractivity contribution in [1.82, 2.24) is 4.98 Å². The number of benzene rings is 2. The smallest absolute Gasteiger partial charge is 0.205 e. The molecule has 0 saturated heterocycles. The predicted molar refractivity (Wildman–Crippen MR) is 90.6 cm³/mol. The molecular weight excluding hydrogens is 302 g/mol. The van der Waals surface area contributed by atoms with Gasteiger partial charge in [0.15, 0.2) is 0 Å². The van der Waals surface area contributed by atoms with Crippen LogP contribution >= 0.6 is 0 Å². The number of hydrogen-bond donors (Lipinski definition) is 2. The summed E-state index contributed by atoms with van der Waals surface area (Å²) >= 11 is 0. The van der Waals surface area contributed by atoms with Crippen LogP contribution in [0.1, 0.15) is 17.0 Å². The van der Waals surface area contributed by atoms with E-state index in [1.54, 1.807) is 7.11 Å². The summed E-state index contributed by atoms with van der Waals surface area (Å²) < 4.78 is 11.0. The number of rotatable bonds is 2. The molecule has 0 fully saturated rings. The number of nitrogens with zero attached hydrogens (tertiary/aromatic N) is 1. The number of hydrogen-bond acceptors (Lipinski definition) is 4. The zero-order valence-electron chi connectivity index (χ0n) is 13.0. The van der Waals surface area contributed by atoms with Crippen molar-refractivity contribution in [3.63, 3.8) is 0 Å². The summed E-state index contributed by atoms with van der Waals surface area (Å²) in [5.41, 5.74) is 9.37. The van der Waals surface area contributed by atoms with Crippen molar-refractivity contribution in [2.45, 2.75) is 5.92 Å². The van der Waals surface area contributed by atoms with E-state index in [1.807, 2.05) is 48.7 Å². The molecule has 1 aliphatic heterocycles. The number of ether oxygens (including phenoxy) is 2. The van der Waals surface area contributed by atoms with Crippen molar-refractivity contribution in [3.05, 3.63) is 71.2 Å². The van der Waals surface area contributed by atoms with Gasteiger partial charge in [-0.05, 0) is 35.4 Å². The van der Waals surface area contributed by atoms with Gasteiger partial charge in [-0.15, -0.1) is 0 Å². The predicted octanol–water partition coefficient (Wildman–Crippen LogP) is 3.39. The second kappa shape index (κ2) is 5.36. The van der Waals surface area contributed by atoms with E-state index >= 15 is 0 Å². The van der Waals surface area contributed by atoms with Crippen LogP contribution in [0.4, 0.5) is 0 Å². The lowest BCUT2D eigenvalue weighted by Gasteiger charge is -2.15. The van der Waals surface area contributed by atoms with Crippen LogP contribution in [0.25, 0.3) is 10.9 Å². The lowest BCUT2D eigenvalue weighted by molar-refractivity contribution is 0.414. The van der Waals surface area contributed by atoms with Gasteiger partial charge in [-0.3, -0.25) is 0 Å². The first-order valence-electron chi connectivity index (χ1n) is 7.54. The first kappa shape index (κ1) is 14.2. The monoisotopic (exact) mass is 317 g/mol. The zero-order valence-corrected chi connectivity index (χ0v) is 13.0. The van der Waals surface area contributed by atoms with Gasteiger partial charge < -0.3 is 20.2 Å². The van der Waals surface area contributed by atoms with Crippen molar-refractivity contribution >= 4 is 10.9 Å². The Kier molecular flexibility index (Phi) is 3.17. The number of allylic oxidation sites excluding steroid dienone is 1. The maximum Gasteiger partial charge on any atom is 0.205 e. The average Bonchev–Trinajstić information content (AvgIpc) is 2.99. The zero-order chi connectivity index (χ0) is 16.7. The third-order valence-electron chi connectivity index (χ3n) is 4.35. The second-order valence-electron chi connectivity index (χ2n) is 5.62. The van der Waals surface area contributed by atoms with Gasteiger partial charge in [-0.2, -0.15) is 5.26 Å². The van der Waals surface area contributed by atoms with E-state index in [-0.39, 0.29) is 11.8 Å². The van der Waals surface area contributed by atoms with Crippen LogP contribution in [0.2, 0.25) is 0 Å². The van der Waals surface area contributed by atoms with Crippen LogP contribution in [0.15, 0.2) is 60.1 Å². The highest BCUT2D eigenvalue weighted by atomic mass is 16.5. The van der Waals surface area contributed by atoms with Crippen molar-refractivity contribution in [2.24, 2.45) is 5.73 Å². The van der Waals surface area contributed by atoms with Crippen molar-refractivity contribution in [2.75, 3.05) is 7.11 Å². The van der Waals surface area contributed by atoms with Gasteiger partial charge in [-0.25, -0.2) is 0 Å². The Morgan fingerprint density at radius 2 is 2.00 bits per heavy atom. The van der Waals surface area contributed by atoms with E-state index in [1.165, 1.54) is 0 Å². The Labute approximate surface area is 138 Å². The molecule has 4 rings (SSSR count). The third-order valence-corrected chi connectivity index (χ3v) is 4.35. The minimum absolute atomic E-state index is 0.141. The van der Waals surface area contributed by atoms with Gasteiger partial charge in [0.05, 0.1) is 13.0 Å². The molecule has 24 heavy (non-hydrogen) atoms. The Balaban J connectivity index is 2.00. The molecular formula is C19H15N3O2. The fourth-order valence-corrected chi connectivity index (χ4v) is 3.22. The Hall–Kier alpha value is -3.39. The largest absolute Gasteiger partial charge is 0.497 e. The van der Waals surface area contributed by atoms with E-state index in [9.17, 15) is 5.26 Å². The molecule has 0 aliphatic carbocycles. The van der Waals surface area contributed by atoms with Gasteiger partial charge in [0.25, 0.3) is 0 Å². The molecule has 3 N–H and O–H groups in total. The lowest BCUT2D eigenvalue weighted by Crippen LogP contribution is -2.13. The van der Waals surface area contributed by atoms with Crippen LogP contribution in [-0.2, 0) is 0 Å². The number of nitriles is 1. The van der Waals surface area contributed by atoms with E-state index in [4.69, 9.17) is 15.2 Å². The van der Waals surface area contributed by atoms with Crippen LogP contribution in [-0.4, -0.2) is 12.1 Å².